The number of nitrogens with zero attached hydrogens (tertiary/aromatic N) is 1. The smallest absolute Gasteiger partial charge is 0.106 e. The van der Waals surface area contributed by atoms with Gasteiger partial charge in [-0.05, 0) is 40.3 Å². The van der Waals surface area contributed by atoms with E-state index < -0.39 is 0 Å². The third-order valence-electron chi connectivity index (χ3n) is 2.52. The van der Waals surface area contributed by atoms with Crippen molar-refractivity contribution >= 4 is 22.6 Å². The number of ether oxygens (including phenoxy) is 1. The van der Waals surface area contributed by atoms with E-state index in [4.69, 9.17) is 4.74 Å². The molecule has 1 unspecified atom stereocenters. The lowest BCUT2D eigenvalue weighted by Crippen LogP contribution is -2.37. The number of hydrogen-bond donors (Lipinski definition) is 0. The predicted molar refractivity (Wildman–Crippen MR) is 59.7 cm³/mol. The fraction of sp³-hybridized carbons (Fsp3) is 1.00. The van der Waals surface area contributed by atoms with E-state index in [2.05, 4.69) is 48.4 Å². The van der Waals surface area contributed by atoms with Crippen LogP contribution in [0.5, 0.6) is 0 Å². The Morgan fingerprint density at radius 1 is 1.50 bits per heavy atom. The zero-order valence-electron chi connectivity index (χ0n) is 8.09. The Morgan fingerprint density at radius 2 is 2.17 bits per heavy atom. The van der Waals surface area contributed by atoms with Crippen molar-refractivity contribution in [2.24, 2.45) is 0 Å². The monoisotopic (exact) mass is 283 g/mol. The zero-order valence-corrected chi connectivity index (χ0v) is 10.2. The van der Waals surface area contributed by atoms with Crippen LogP contribution >= 0.6 is 22.6 Å². The molecule has 0 aromatic heterocycles. The average Bonchev–Trinajstić information content (AvgIpc) is 2.33. The van der Waals surface area contributed by atoms with Crippen LogP contribution < -0.4 is 0 Å². The Kier molecular flexibility index (Phi) is 4.26. The van der Waals surface area contributed by atoms with Gasteiger partial charge in [0.25, 0.3) is 0 Å². The number of halogens is 1. The van der Waals surface area contributed by atoms with E-state index in [1.807, 2.05) is 0 Å². The molecule has 0 aromatic carbocycles. The van der Waals surface area contributed by atoms with Crippen LogP contribution in [0.4, 0.5) is 0 Å². The van der Waals surface area contributed by atoms with E-state index in [9.17, 15) is 0 Å². The van der Waals surface area contributed by atoms with Gasteiger partial charge in [0, 0.05) is 6.04 Å². The van der Waals surface area contributed by atoms with E-state index in [-0.39, 0.29) is 0 Å². The van der Waals surface area contributed by atoms with Crippen molar-refractivity contribution in [1.82, 2.24) is 4.90 Å². The van der Waals surface area contributed by atoms with Crippen LogP contribution in [0.3, 0.4) is 0 Å². The molecule has 1 aliphatic rings. The number of likely N-dealkylation sites (tertiary alicyclic amines) is 1. The molecule has 0 saturated carbocycles. The molecule has 3 heteroatoms. The summed E-state index contributed by atoms with van der Waals surface area (Å²) in [6, 6.07) is 0.641. The number of likely N-dealkylation sites (N-methyl/N-ethyl adjacent to an activating group) is 1. The molecule has 72 valence electrons. The van der Waals surface area contributed by atoms with Crippen molar-refractivity contribution < 1.29 is 4.74 Å². The van der Waals surface area contributed by atoms with E-state index in [0.717, 1.165) is 0 Å². The first-order valence-corrected chi connectivity index (χ1v) is 5.85. The van der Waals surface area contributed by atoms with Crippen molar-refractivity contribution in [2.45, 2.75) is 42.9 Å². The summed E-state index contributed by atoms with van der Waals surface area (Å²) in [6.07, 6.45) is 3.00. The largest absolute Gasteiger partial charge is 0.364 e. The van der Waals surface area contributed by atoms with E-state index >= 15 is 0 Å². The maximum atomic E-state index is 5.75. The second-order valence-electron chi connectivity index (χ2n) is 3.57. The minimum Gasteiger partial charge on any atom is -0.364 e. The summed E-state index contributed by atoms with van der Waals surface area (Å²) in [5.74, 6) is 0. The summed E-state index contributed by atoms with van der Waals surface area (Å²) in [6.45, 7) is 5.50. The highest BCUT2D eigenvalue weighted by atomic mass is 127. The fourth-order valence-electron chi connectivity index (χ4n) is 1.92. The van der Waals surface area contributed by atoms with Gasteiger partial charge in [-0.25, -0.2) is 0 Å². The first kappa shape index (κ1) is 10.7. The fourth-order valence-corrected chi connectivity index (χ4v) is 2.38. The standard InChI is InChI=1S/C9H18INO/c1-7(12-8(2)10)9-5-4-6-11(9)3/h7-9H,4-6H2,1-3H3/t7-,8?,9-/m0/s1. The van der Waals surface area contributed by atoms with Crippen LogP contribution in [0, 0.1) is 0 Å². The van der Waals surface area contributed by atoms with Gasteiger partial charge in [-0.1, -0.05) is 22.6 Å². The van der Waals surface area contributed by atoms with Gasteiger partial charge < -0.3 is 9.64 Å². The van der Waals surface area contributed by atoms with Crippen molar-refractivity contribution in [3.05, 3.63) is 0 Å². The van der Waals surface area contributed by atoms with Crippen LogP contribution in [-0.2, 0) is 4.74 Å². The second-order valence-corrected chi connectivity index (χ2v) is 5.33. The Balaban J connectivity index is 2.35. The molecule has 0 spiro atoms. The quantitative estimate of drug-likeness (QED) is 0.582. The normalized spacial score (nSPS) is 30.5. The number of alkyl halides is 1. The van der Waals surface area contributed by atoms with Crippen molar-refractivity contribution in [1.29, 1.82) is 0 Å². The number of rotatable bonds is 3. The summed E-state index contributed by atoms with van der Waals surface area (Å²) in [4.78, 5) is 2.41. The molecule has 0 bridgehead atoms. The van der Waals surface area contributed by atoms with E-state index in [1.54, 1.807) is 0 Å². The van der Waals surface area contributed by atoms with Crippen molar-refractivity contribution in [2.75, 3.05) is 13.6 Å². The van der Waals surface area contributed by atoms with Gasteiger partial charge in [-0.3, -0.25) is 0 Å². The molecule has 0 aliphatic carbocycles. The highest BCUT2D eigenvalue weighted by Gasteiger charge is 2.27. The molecule has 0 amide bonds. The van der Waals surface area contributed by atoms with E-state index in [1.165, 1.54) is 19.4 Å². The van der Waals surface area contributed by atoms with Crippen molar-refractivity contribution in [3.8, 4) is 0 Å². The van der Waals surface area contributed by atoms with E-state index in [0.29, 0.717) is 16.3 Å². The molecule has 0 N–H and O–H groups in total. The SMILES string of the molecule is CC(I)O[C@@H](C)[C@@H]1CCCN1C. The minimum atomic E-state index is 0.326. The molecule has 1 aliphatic heterocycles. The van der Waals surface area contributed by atoms with Crippen LogP contribution in [-0.4, -0.2) is 34.7 Å². The minimum absolute atomic E-state index is 0.326. The molecule has 0 radical (unpaired) electrons. The van der Waals surface area contributed by atoms with Gasteiger partial charge >= 0.3 is 0 Å². The van der Waals surface area contributed by atoms with Crippen LogP contribution in [0.15, 0.2) is 0 Å². The Bertz CT molecular complexity index is 140. The third kappa shape index (κ3) is 2.85. The summed E-state index contributed by atoms with van der Waals surface area (Å²) in [7, 11) is 2.19. The molecular formula is C9H18INO. The van der Waals surface area contributed by atoms with Gasteiger partial charge in [0.15, 0.2) is 0 Å². The first-order valence-electron chi connectivity index (χ1n) is 4.61. The average molecular weight is 283 g/mol. The van der Waals surface area contributed by atoms with Gasteiger partial charge in [0.2, 0.25) is 0 Å². The molecule has 1 heterocycles. The molecule has 1 fully saturated rings. The van der Waals surface area contributed by atoms with Gasteiger partial charge in [-0.15, -0.1) is 0 Å². The molecule has 3 atom stereocenters. The second kappa shape index (κ2) is 4.77. The molecule has 0 aromatic rings. The lowest BCUT2D eigenvalue weighted by Gasteiger charge is -2.27. The maximum Gasteiger partial charge on any atom is 0.106 e. The first-order chi connectivity index (χ1) is 5.61. The summed E-state index contributed by atoms with van der Waals surface area (Å²) < 4.78 is 6.08. The maximum absolute atomic E-state index is 5.75. The Hall–Kier alpha value is 0.650. The molecular weight excluding hydrogens is 265 g/mol. The summed E-state index contributed by atoms with van der Waals surface area (Å²) in [5, 5.41) is 0. The summed E-state index contributed by atoms with van der Waals surface area (Å²) >= 11 is 2.31. The lowest BCUT2D eigenvalue weighted by atomic mass is 10.1. The highest BCUT2D eigenvalue weighted by molar-refractivity contribution is 14.1. The van der Waals surface area contributed by atoms with Gasteiger partial charge in [0.05, 0.1) is 6.10 Å². The molecule has 12 heavy (non-hydrogen) atoms. The highest BCUT2D eigenvalue weighted by Crippen LogP contribution is 2.21. The Morgan fingerprint density at radius 3 is 2.58 bits per heavy atom. The third-order valence-corrected chi connectivity index (χ3v) is 2.81. The Labute approximate surface area is 88.8 Å². The van der Waals surface area contributed by atoms with Crippen LogP contribution in [0.25, 0.3) is 0 Å². The van der Waals surface area contributed by atoms with Crippen molar-refractivity contribution in [3.63, 3.8) is 0 Å². The molecule has 2 nitrogen and oxygen atoms in total. The van der Waals surface area contributed by atoms with Crippen LogP contribution in [0.1, 0.15) is 26.7 Å². The predicted octanol–water partition coefficient (Wildman–Crippen LogP) is 2.27. The topological polar surface area (TPSA) is 12.5 Å². The van der Waals surface area contributed by atoms with Gasteiger partial charge in [-0.2, -0.15) is 0 Å². The van der Waals surface area contributed by atoms with Crippen LogP contribution in [0.2, 0.25) is 0 Å². The van der Waals surface area contributed by atoms with Gasteiger partial charge in [0.1, 0.15) is 4.11 Å². The summed E-state index contributed by atoms with van der Waals surface area (Å²) in [5.41, 5.74) is 0. The lowest BCUT2D eigenvalue weighted by molar-refractivity contribution is 0.0152. The molecule has 1 rings (SSSR count). The zero-order chi connectivity index (χ0) is 9.14. The molecule has 1 saturated heterocycles. The number of hydrogen-bond acceptors (Lipinski definition) is 2.